The van der Waals surface area contributed by atoms with Crippen LogP contribution in [0, 0.1) is 11.8 Å². The standard InChI is InChI=1S/C20H24O7/c1-6-10(2)16(21)24-13-9-12-11(3)17(22)25-14(12)15-18(4)7-8-20(15,27-26-18)19(13,5)23/h6-8,12-15,23H,3,9H2,1-2,4-5H3/b10-6+/t12-,13+,14-,15-,18+,19+,20-/m0/s1. The van der Waals surface area contributed by atoms with Gasteiger partial charge in [0, 0.05) is 17.1 Å². The molecule has 7 nitrogen and oxygen atoms in total. The summed E-state index contributed by atoms with van der Waals surface area (Å²) in [7, 11) is 0. The first-order valence-electron chi connectivity index (χ1n) is 9.10. The summed E-state index contributed by atoms with van der Waals surface area (Å²) >= 11 is 0. The minimum atomic E-state index is -1.61. The third kappa shape index (κ3) is 2.19. The van der Waals surface area contributed by atoms with Gasteiger partial charge in [0.15, 0.2) is 5.60 Å². The minimum Gasteiger partial charge on any atom is -0.458 e. The Hall–Kier alpha value is -1.96. The molecule has 2 bridgehead atoms. The maximum absolute atomic E-state index is 12.4. The molecular formula is C20H24O7. The summed E-state index contributed by atoms with van der Waals surface area (Å²) in [5.41, 5.74) is -3.04. The second kappa shape index (κ2) is 5.53. The second-order valence-corrected chi connectivity index (χ2v) is 8.21. The molecule has 2 aliphatic carbocycles. The lowest BCUT2D eigenvalue weighted by Gasteiger charge is -2.43. The van der Waals surface area contributed by atoms with Crippen molar-refractivity contribution < 1.29 is 33.9 Å². The van der Waals surface area contributed by atoms with Gasteiger partial charge in [0.2, 0.25) is 0 Å². The van der Waals surface area contributed by atoms with Gasteiger partial charge < -0.3 is 14.6 Å². The molecule has 4 rings (SSSR count). The van der Waals surface area contributed by atoms with E-state index in [0.29, 0.717) is 11.1 Å². The van der Waals surface area contributed by atoms with Gasteiger partial charge in [-0.1, -0.05) is 18.7 Å². The Labute approximate surface area is 157 Å². The second-order valence-electron chi connectivity index (χ2n) is 8.21. The van der Waals surface area contributed by atoms with Crippen LogP contribution in [-0.4, -0.2) is 46.1 Å². The molecule has 7 heteroatoms. The average molecular weight is 376 g/mol. The molecule has 7 atom stereocenters. The van der Waals surface area contributed by atoms with Crippen molar-refractivity contribution in [1.82, 2.24) is 0 Å². The van der Waals surface area contributed by atoms with E-state index in [1.165, 1.54) is 0 Å². The summed E-state index contributed by atoms with van der Waals surface area (Å²) in [5, 5.41) is 11.6. The Kier molecular flexibility index (Phi) is 3.77. The highest BCUT2D eigenvalue weighted by Crippen LogP contribution is 2.61. The topological polar surface area (TPSA) is 91.3 Å². The molecule has 0 aromatic carbocycles. The maximum Gasteiger partial charge on any atom is 0.334 e. The Morgan fingerprint density at radius 1 is 1.37 bits per heavy atom. The van der Waals surface area contributed by atoms with Crippen molar-refractivity contribution in [2.45, 2.75) is 63.1 Å². The molecule has 1 N–H and O–H groups in total. The van der Waals surface area contributed by atoms with Gasteiger partial charge >= 0.3 is 11.9 Å². The molecule has 0 unspecified atom stereocenters. The van der Waals surface area contributed by atoms with Crippen molar-refractivity contribution >= 4 is 11.9 Å². The molecule has 27 heavy (non-hydrogen) atoms. The molecule has 0 radical (unpaired) electrons. The zero-order valence-corrected chi connectivity index (χ0v) is 15.9. The van der Waals surface area contributed by atoms with E-state index in [-0.39, 0.29) is 6.42 Å². The molecule has 3 fully saturated rings. The molecule has 1 saturated carbocycles. The van der Waals surface area contributed by atoms with Crippen LogP contribution >= 0.6 is 0 Å². The van der Waals surface area contributed by atoms with Gasteiger partial charge in [-0.3, -0.25) is 0 Å². The molecule has 0 spiro atoms. The van der Waals surface area contributed by atoms with Crippen LogP contribution in [0.4, 0.5) is 0 Å². The van der Waals surface area contributed by atoms with Crippen LogP contribution in [0.15, 0.2) is 36.0 Å². The molecule has 0 aromatic heterocycles. The van der Waals surface area contributed by atoms with Crippen molar-refractivity contribution in [3.8, 4) is 0 Å². The molecule has 0 aromatic rings. The zero-order chi connectivity index (χ0) is 19.8. The summed E-state index contributed by atoms with van der Waals surface area (Å²) in [6.07, 6.45) is 3.85. The highest BCUT2D eigenvalue weighted by Gasteiger charge is 2.76. The third-order valence-corrected chi connectivity index (χ3v) is 6.67. The monoisotopic (exact) mass is 376 g/mol. The quantitative estimate of drug-likeness (QED) is 0.340. The molecular weight excluding hydrogens is 352 g/mol. The van der Waals surface area contributed by atoms with Crippen molar-refractivity contribution in [3.63, 3.8) is 0 Å². The van der Waals surface area contributed by atoms with Crippen molar-refractivity contribution in [1.29, 1.82) is 0 Å². The number of aliphatic hydroxyl groups is 1. The van der Waals surface area contributed by atoms with Crippen molar-refractivity contribution in [2.75, 3.05) is 0 Å². The maximum atomic E-state index is 12.4. The van der Waals surface area contributed by atoms with Crippen LogP contribution in [-0.2, 0) is 28.8 Å². The lowest BCUT2D eigenvalue weighted by atomic mass is 9.70. The van der Waals surface area contributed by atoms with Crippen LogP contribution in [0.5, 0.6) is 0 Å². The smallest absolute Gasteiger partial charge is 0.334 e. The fourth-order valence-corrected chi connectivity index (χ4v) is 4.80. The van der Waals surface area contributed by atoms with E-state index in [1.807, 2.05) is 13.0 Å². The van der Waals surface area contributed by atoms with E-state index < -0.39 is 52.8 Å². The van der Waals surface area contributed by atoms with Crippen molar-refractivity contribution in [2.24, 2.45) is 11.8 Å². The number of ether oxygens (including phenoxy) is 2. The first-order valence-corrected chi connectivity index (χ1v) is 9.10. The molecule has 4 aliphatic rings. The number of rotatable bonds is 2. The Morgan fingerprint density at radius 2 is 2.07 bits per heavy atom. The van der Waals surface area contributed by atoms with Crippen LogP contribution < -0.4 is 0 Å². The normalized spacial score (nSPS) is 48.1. The molecule has 2 aliphatic heterocycles. The summed E-state index contributed by atoms with van der Waals surface area (Å²) in [4.78, 5) is 35.8. The fraction of sp³-hybridized carbons (Fsp3) is 0.600. The van der Waals surface area contributed by atoms with Crippen LogP contribution in [0.3, 0.4) is 0 Å². The van der Waals surface area contributed by atoms with Gasteiger partial charge in [0.05, 0.1) is 5.92 Å². The summed E-state index contributed by atoms with van der Waals surface area (Å²) in [6, 6.07) is 0. The van der Waals surface area contributed by atoms with E-state index in [9.17, 15) is 14.7 Å². The summed E-state index contributed by atoms with van der Waals surface area (Å²) in [6.45, 7) is 10.6. The third-order valence-electron chi connectivity index (χ3n) is 6.67. The average Bonchev–Trinajstić information content (AvgIpc) is 3.18. The number of esters is 2. The van der Waals surface area contributed by atoms with Gasteiger partial charge in [-0.25, -0.2) is 19.4 Å². The fourth-order valence-electron chi connectivity index (χ4n) is 4.80. The predicted molar refractivity (Wildman–Crippen MR) is 93.0 cm³/mol. The van der Waals surface area contributed by atoms with Gasteiger partial charge in [0.1, 0.15) is 23.4 Å². The number of carbonyl (C=O) groups excluding carboxylic acids is 2. The largest absolute Gasteiger partial charge is 0.458 e. The number of hydrogen-bond acceptors (Lipinski definition) is 7. The lowest BCUT2D eigenvalue weighted by molar-refractivity contribution is -0.366. The van der Waals surface area contributed by atoms with Crippen molar-refractivity contribution in [3.05, 3.63) is 36.0 Å². The summed E-state index contributed by atoms with van der Waals surface area (Å²) in [5.74, 6) is -1.91. The number of allylic oxidation sites excluding steroid dienone is 1. The van der Waals surface area contributed by atoms with Gasteiger partial charge in [-0.2, -0.15) is 0 Å². The zero-order valence-electron chi connectivity index (χ0n) is 15.9. The molecule has 2 heterocycles. The van der Waals surface area contributed by atoms with Crippen LogP contribution in [0.2, 0.25) is 0 Å². The lowest BCUT2D eigenvalue weighted by Crippen LogP contribution is -2.62. The first-order chi connectivity index (χ1) is 12.6. The van der Waals surface area contributed by atoms with E-state index in [1.54, 1.807) is 32.9 Å². The summed E-state index contributed by atoms with van der Waals surface area (Å²) < 4.78 is 11.3. The predicted octanol–water partition coefficient (Wildman–Crippen LogP) is 1.76. The van der Waals surface area contributed by atoms with E-state index in [0.717, 1.165) is 0 Å². The van der Waals surface area contributed by atoms with E-state index in [2.05, 4.69) is 6.58 Å². The van der Waals surface area contributed by atoms with Crippen LogP contribution in [0.1, 0.15) is 34.1 Å². The van der Waals surface area contributed by atoms with Crippen LogP contribution in [0.25, 0.3) is 0 Å². The Balaban J connectivity index is 1.81. The van der Waals surface area contributed by atoms with Gasteiger partial charge in [0.25, 0.3) is 0 Å². The Bertz CT molecular complexity index is 794. The first kappa shape index (κ1) is 18.4. The highest BCUT2D eigenvalue weighted by molar-refractivity contribution is 5.91. The Morgan fingerprint density at radius 3 is 2.67 bits per heavy atom. The molecule has 0 amide bonds. The highest BCUT2D eigenvalue weighted by atomic mass is 17.2. The van der Waals surface area contributed by atoms with Gasteiger partial charge in [-0.15, -0.1) is 0 Å². The molecule has 146 valence electrons. The van der Waals surface area contributed by atoms with E-state index in [4.69, 9.17) is 19.2 Å². The minimum absolute atomic E-state index is 0.205. The number of fused-ring (bicyclic) bond motifs is 1. The van der Waals surface area contributed by atoms with E-state index >= 15 is 0 Å². The number of hydrogen-bond donors (Lipinski definition) is 1. The number of carbonyl (C=O) groups is 2. The molecule has 2 saturated heterocycles. The van der Waals surface area contributed by atoms with Gasteiger partial charge in [-0.05, 0) is 40.2 Å². The SMILES string of the molecule is C=C1C(=O)O[C@H]2[C@H]1C[C@@H](OC(=O)/C(C)=C/C)[C@@](C)(O)[C@@]13C=C[C@@](C)(OO1)[C@H]23.